The summed E-state index contributed by atoms with van der Waals surface area (Å²) >= 11 is 0. The summed E-state index contributed by atoms with van der Waals surface area (Å²) in [6.45, 7) is 4.06. The molecule has 0 saturated heterocycles. The average Bonchev–Trinajstić information content (AvgIpc) is 2.99. The minimum absolute atomic E-state index is 0.0727. The molecule has 0 saturated carbocycles. The first-order chi connectivity index (χ1) is 12.8. The fourth-order valence-corrected chi connectivity index (χ4v) is 4.71. The van der Waals surface area contributed by atoms with E-state index in [9.17, 15) is 13.2 Å². The van der Waals surface area contributed by atoms with Gasteiger partial charge in [0, 0.05) is 24.1 Å². The van der Waals surface area contributed by atoms with Crippen LogP contribution in [0.15, 0.2) is 53.6 Å². The molecular formula is C20H21NO5S. The van der Waals surface area contributed by atoms with Gasteiger partial charge in [0.2, 0.25) is 0 Å². The summed E-state index contributed by atoms with van der Waals surface area (Å²) in [6, 6.07) is 12.0. The van der Waals surface area contributed by atoms with E-state index in [0.29, 0.717) is 34.4 Å². The minimum atomic E-state index is -3.83. The van der Waals surface area contributed by atoms with Crippen LogP contribution in [0, 0.1) is 6.92 Å². The summed E-state index contributed by atoms with van der Waals surface area (Å²) in [5, 5.41) is 9.70. The van der Waals surface area contributed by atoms with Gasteiger partial charge in [-0.1, -0.05) is 18.2 Å². The lowest BCUT2D eigenvalue weighted by Gasteiger charge is -2.10. The number of hydrogen-bond donors (Lipinski definition) is 1. The van der Waals surface area contributed by atoms with Gasteiger partial charge in [-0.05, 0) is 49.6 Å². The first-order valence-electron chi connectivity index (χ1n) is 8.64. The zero-order chi connectivity index (χ0) is 19.6. The zero-order valence-corrected chi connectivity index (χ0v) is 16.0. The Balaban J connectivity index is 2.22. The second kappa shape index (κ2) is 7.44. The van der Waals surface area contributed by atoms with Gasteiger partial charge in [0.1, 0.15) is 5.75 Å². The highest BCUT2D eigenvalue weighted by atomic mass is 32.2. The molecule has 7 heteroatoms. The summed E-state index contributed by atoms with van der Waals surface area (Å²) in [5.74, 6) is -0.363. The molecule has 1 N–H and O–H groups in total. The Hall–Kier alpha value is -2.80. The van der Waals surface area contributed by atoms with Gasteiger partial charge in [-0.25, -0.2) is 12.4 Å². The smallest absolute Gasteiger partial charge is 0.303 e. The molecule has 6 nitrogen and oxygen atoms in total. The van der Waals surface area contributed by atoms with Crippen molar-refractivity contribution in [3.8, 4) is 5.75 Å². The largest absolute Gasteiger partial charge is 0.494 e. The molecule has 0 aliphatic rings. The quantitative estimate of drug-likeness (QED) is 0.669. The van der Waals surface area contributed by atoms with E-state index >= 15 is 0 Å². The normalized spacial score (nSPS) is 11.6. The van der Waals surface area contributed by atoms with Crippen LogP contribution in [0.4, 0.5) is 0 Å². The molecule has 3 rings (SSSR count). The van der Waals surface area contributed by atoms with Gasteiger partial charge in [-0.2, -0.15) is 0 Å². The number of rotatable bonds is 7. The van der Waals surface area contributed by atoms with Crippen molar-refractivity contribution in [1.82, 2.24) is 3.97 Å². The summed E-state index contributed by atoms with van der Waals surface area (Å²) in [6.07, 6.45) is 1.69. The second-order valence-electron chi connectivity index (χ2n) is 6.23. The Labute approximate surface area is 158 Å². The highest BCUT2D eigenvalue weighted by Crippen LogP contribution is 2.30. The molecule has 27 heavy (non-hydrogen) atoms. The fraction of sp³-hybridized carbons (Fsp3) is 0.250. The van der Waals surface area contributed by atoms with Crippen LogP contribution in [0.5, 0.6) is 5.75 Å². The summed E-state index contributed by atoms with van der Waals surface area (Å²) in [7, 11) is -3.83. The standard InChI is InChI=1S/C20H21NO5S/c1-3-26-16-9-10-17-15(8-11-20(22)23)13-21(18(17)12-16)27(24,25)19-7-5-4-6-14(19)2/h4-7,9-10,12-13H,3,8,11H2,1-2H3,(H,22,23). The third kappa shape index (κ3) is 3.68. The van der Waals surface area contributed by atoms with E-state index in [0.717, 1.165) is 0 Å². The Morgan fingerprint density at radius 2 is 1.93 bits per heavy atom. The molecule has 0 fully saturated rings. The van der Waals surface area contributed by atoms with Crippen molar-refractivity contribution >= 4 is 26.9 Å². The maximum atomic E-state index is 13.3. The number of benzene rings is 2. The van der Waals surface area contributed by atoms with Crippen molar-refractivity contribution < 1.29 is 23.1 Å². The number of aromatic nitrogens is 1. The third-order valence-electron chi connectivity index (χ3n) is 4.38. The number of hydrogen-bond acceptors (Lipinski definition) is 4. The van der Waals surface area contributed by atoms with Crippen molar-refractivity contribution in [2.24, 2.45) is 0 Å². The number of aryl methyl sites for hydroxylation is 2. The number of aliphatic carboxylic acids is 1. The third-order valence-corrected chi connectivity index (χ3v) is 6.21. The van der Waals surface area contributed by atoms with E-state index in [1.165, 1.54) is 10.2 Å². The Morgan fingerprint density at radius 1 is 1.19 bits per heavy atom. The van der Waals surface area contributed by atoms with Crippen LogP contribution >= 0.6 is 0 Å². The molecule has 1 heterocycles. The maximum absolute atomic E-state index is 13.3. The van der Waals surface area contributed by atoms with Crippen molar-refractivity contribution in [2.45, 2.75) is 31.6 Å². The van der Waals surface area contributed by atoms with E-state index < -0.39 is 16.0 Å². The molecule has 0 radical (unpaired) electrons. The second-order valence-corrected chi connectivity index (χ2v) is 8.01. The molecule has 3 aromatic rings. The van der Waals surface area contributed by atoms with Crippen LogP contribution in [-0.2, 0) is 21.2 Å². The topological polar surface area (TPSA) is 85.6 Å². The highest BCUT2D eigenvalue weighted by molar-refractivity contribution is 7.90. The first kappa shape index (κ1) is 19.0. The minimum Gasteiger partial charge on any atom is -0.494 e. The van der Waals surface area contributed by atoms with Crippen LogP contribution in [0.2, 0.25) is 0 Å². The van der Waals surface area contributed by atoms with Crippen LogP contribution in [0.3, 0.4) is 0 Å². The molecule has 0 spiro atoms. The van der Waals surface area contributed by atoms with E-state index in [-0.39, 0.29) is 17.7 Å². The van der Waals surface area contributed by atoms with Crippen molar-refractivity contribution in [2.75, 3.05) is 6.61 Å². The van der Waals surface area contributed by atoms with Crippen LogP contribution < -0.4 is 4.74 Å². The summed E-state index contributed by atoms with van der Waals surface area (Å²) in [4.78, 5) is 11.2. The van der Waals surface area contributed by atoms with Gasteiger partial charge in [0.15, 0.2) is 0 Å². The molecule has 0 aliphatic heterocycles. The summed E-state index contributed by atoms with van der Waals surface area (Å²) < 4.78 is 33.3. The van der Waals surface area contributed by atoms with Crippen molar-refractivity contribution in [1.29, 1.82) is 0 Å². The Kier molecular flexibility index (Phi) is 5.23. The molecular weight excluding hydrogens is 366 g/mol. The van der Waals surface area contributed by atoms with Gasteiger partial charge in [-0.3, -0.25) is 4.79 Å². The SMILES string of the molecule is CCOc1ccc2c(CCC(=O)O)cn(S(=O)(=O)c3ccccc3C)c2c1. The first-order valence-corrected chi connectivity index (χ1v) is 10.1. The molecule has 2 aromatic carbocycles. The van der Waals surface area contributed by atoms with E-state index in [2.05, 4.69) is 0 Å². The van der Waals surface area contributed by atoms with Gasteiger partial charge in [-0.15, -0.1) is 0 Å². The Bertz CT molecular complexity index is 1100. The van der Waals surface area contributed by atoms with Gasteiger partial charge < -0.3 is 9.84 Å². The summed E-state index contributed by atoms with van der Waals surface area (Å²) in [5.41, 5.74) is 1.80. The van der Waals surface area contributed by atoms with Crippen LogP contribution in [0.25, 0.3) is 10.9 Å². The van der Waals surface area contributed by atoms with Crippen LogP contribution in [-0.4, -0.2) is 30.1 Å². The van der Waals surface area contributed by atoms with E-state index in [1.807, 2.05) is 6.92 Å². The number of carboxylic acids is 1. The molecule has 1 aromatic heterocycles. The lowest BCUT2D eigenvalue weighted by molar-refractivity contribution is -0.136. The number of carboxylic acid groups (broad SMARTS) is 1. The van der Waals surface area contributed by atoms with Gasteiger partial charge in [0.25, 0.3) is 10.0 Å². The fourth-order valence-electron chi connectivity index (χ4n) is 3.09. The maximum Gasteiger partial charge on any atom is 0.303 e. The Morgan fingerprint density at radius 3 is 2.59 bits per heavy atom. The van der Waals surface area contributed by atoms with Crippen LogP contribution in [0.1, 0.15) is 24.5 Å². The predicted octanol–water partition coefficient (Wildman–Crippen LogP) is 3.60. The lowest BCUT2D eigenvalue weighted by Crippen LogP contribution is -2.13. The molecule has 0 bridgehead atoms. The van der Waals surface area contributed by atoms with Crippen molar-refractivity contribution in [3.05, 3.63) is 59.8 Å². The molecule has 142 valence electrons. The lowest BCUT2D eigenvalue weighted by atomic mass is 10.1. The van der Waals surface area contributed by atoms with Gasteiger partial charge >= 0.3 is 5.97 Å². The zero-order valence-electron chi connectivity index (χ0n) is 15.2. The number of nitrogens with zero attached hydrogens (tertiary/aromatic N) is 1. The van der Waals surface area contributed by atoms with Gasteiger partial charge in [0.05, 0.1) is 17.0 Å². The average molecular weight is 387 g/mol. The molecule has 0 atom stereocenters. The number of fused-ring (bicyclic) bond motifs is 1. The monoisotopic (exact) mass is 387 g/mol. The molecule has 0 unspecified atom stereocenters. The van der Waals surface area contributed by atoms with E-state index in [4.69, 9.17) is 9.84 Å². The highest BCUT2D eigenvalue weighted by Gasteiger charge is 2.23. The number of carbonyl (C=O) groups is 1. The van der Waals surface area contributed by atoms with E-state index in [1.54, 1.807) is 49.4 Å². The number of ether oxygens (including phenoxy) is 1. The predicted molar refractivity (Wildman–Crippen MR) is 103 cm³/mol. The van der Waals surface area contributed by atoms with Crippen molar-refractivity contribution in [3.63, 3.8) is 0 Å². The molecule has 0 amide bonds. The molecule has 0 aliphatic carbocycles.